The van der Waals surface area contributed by atoms with E-state index in [-0.39, 0.29) is 11.1 Å². The standard InChI is InChI=1S/C26H40N4/c1-10-20(17(2)11-18(3)28-9)12-21-13-24(29-19(4)23(21)16-27)22-14-25(5,6)30-26(7,8)15-22/h10-11,13-14,28,30H,1,12,15-16,27H2,2-9H3/b18-11-,20-17+. The smallest absolute Gasteiger partial charge is 0.0666 e. The third-order valence-corrected chi connectivity index (χ3v) is 5.75. The summed E-state index contributed by atoms with van der Waals surface area (Å²) < 4.78 is 0. The summed E-state index contributed by atoms with van der Waals surface area (Å²) in [6.45, 7) is 19.8. The number of aromatic nitrogens is 1. The van der Waals surface area contributed by atoms with Crippen LogP contribution in [0.1, 0.15) is 70.5 Å². The van der Waals surface area contributed by atoms with Gasteiger partial charge in [0, 0.05) is 36.1 Å². The zero-order chi connectivity index (χ0) is 22.7. The molecule has 0 unspecified atom stereocenters. The molecule has 164 valence electrons. The van der Waals surface area contributed by atoms with Crippen LogP contribution in [0.5, 0.6) is 0 Å². The summed E-state index contributed by atoms with van der Waals surface area (Å²) in [6.07, 6.45) is 8.18. The van der Waals surface area contributed by atoms with Crippen molar-refractivity contribution in [1.82, 2.24) is 15.6 Å². The van der Waals surface area contributed by atoms with E-state index in [4.69, 9.17) is 10.7 Å². The molecule has 0 radical (unpaired) electrons. The molecular weight excluding hydrogens is 368 g/mol. The Bertz CT molecular complexity index is 898. The van der Waals surface area contributed by atoms with Crippen molar-refractivity contribution in [1.29, 1.82) is 0 Å². The number of hydrogen-bond donors (Lipinski definition) is 3. The predicted octanol–water partition coefficient (Wildman–Crippen LogP) is 4.95. The van der Waals surface area contributed by atoms with E-state index in [9.17, 15) is 0 Å². The summed E-state index contributed by atoms with van der Waals surface area (Å²) in [6, 6.07) is 2.24. The molecule has 0 saturated carbocycles. The Kier molecular flexibility index (Phi) is 7.49. The van der Waals surface area contributed by atoms with Gasteiger partial charge in [-0.3, -0.25) is 4.98 Å². The summed E-state index contributed by atoms with van der Waals surface area (Å²) in [5, 5.41) is 6.89. The SMILES string of the molecule is C=C/C(Cc1cc(C2=CC(C)(C)NC(C)(C)C2)nc(C)c1CN)=C(C)\C=C(\C)NC. The van der Waals surface area contributed by atoms with Crippen LogP contribution in [0.3, 0.4) is 0 Å². The summed E-state index contributed by atoms with van der Waals surface area (Å²) in [5.41, 5.74) is 15.4. The Morgan fingerprint density at radius 3 is 2.50 bits per heavy atom. The van der Waals surface area contributed by atoms with E-state index in [0.717, 1.165) is 35.5 Å². The van der Waals surface area contributed by atoms with Crippen LogP contribution >= 0.6 is 0 Å². The third-order valence-electron chi connectivity index (χ3n) is 5.75. The second kappa shape index (κ2) is 9.32. The van der Waals surface area contributed by atoms with Crippen molar-refractivity contribution in [2.45, 2.75) is 78.9 Å². The van der Waals surface area contributed by atoms with Crippen LogP contribution < -0.4 is 16.4 Å². The highest BCUT2D eigenvalue weighted by Gasteiger charge is 2.33. The molecule has 1 aromatic rings. The van der Waals surface area contributed by atoms with Crippen molar-refractivity contribution < 1.29 is 0 Å². The number of aryl methyl sites for hydroxylation is 1. The molecular formula is C26H40N4. The minimum atomic E-state index is -0.0718. The van der Waals surface area contributed by atoms with Crippen LogP contribution in [-0.4, -0.2) is 23.1 Å². The van der Waals surface area contributed by atoms with Crippen molar-refractivity contribution in [3.8, 4) is 0 Å². The minimum Gasteiger partial charge on any atom is -0.392 e. The van der Waals surface area contributed by atoms with Gasteiger partial charge in [0.15, 0.2) is 0 Å². The van der Waals surface area contributed by atoms with Gasteiger partial charge in [-0.05, 0) is 101 Å². The summed E-state index contributed by atoms with van der Waals surface area (Å²) in [4.78, 5) is 4.96. The molecule has 1 aliphatic heterocycles. The number of nitrogens with zero attached hydrogens (tertiary/aromatic N) is 1. The molecule has 1 aliphatic rings. The van der Waals surface area contributed by atoms with E-state index in [0.29, 0.717) is 6.54 Å². The van der Waals surface area contributed by atoms with Gasteiger partial charge in [0.05, 0.1) is 5.69 Å². The van der Waals surface area contributed by atoms with Gasteiger partial charge in [-0.25, -0.2) is 0 Å². The molecule has 1 aromatic heterocycles. The van der Waals surface area contributed by atoms with Gasteiger partial charge in [-0.15, -0.1) is 0 Å². The Hall–Kier alpha value is -2.17. The molecule has 4 heteroatoms. The maximum atomic E-state index is 6.13. The Balaban J connectivity index is 2.56. The summed E-state index contributed by atoms with van der Waals surface area (Å²) >= 11 is 0. The Morgan fingerprint density at radius 2 is 1.97 bits per heavy atom. The second-order valence-electron chi connectivity index (χ2n) is 9.68. The monoisotopic (exact) mass is 408 g/mol. The van der Waals surface area contributed by atoms with Gasteiger partial charge >= 0.3 is 0 Å². The fraction of sp³-hybridized carbons (Fsp3) is 0.500. The van der Waals surface area contributed by atoms with E-state index in [1.807, 2.05) is 13.1 Å². The van der Waals surface area contributed by atoms with Crippen LogP contribution in [-0.2, 0) is 13.0 Å². The molecule has 0 atom stereocenters. The summed E-state index contributed by atoms with van der Waals surface area (Å²) in [7, 11) is 1.94. The first kappa shape index (κ1) is 24.1. The first-order valence-electron chi connectivity index (χ1n) is 10.8. The molecule has 0 fully saturated rings. The lowest BCUT2D eigenvalue weighted by atomic mass is 9.81. The zero-order valence-corrected chi connectivity index (χ0v) is 20.2. The average molecular weight is 409 g/mol. The molecule has 2 heterocycles. The molecule has 0 aromatic carbocycles. The fourth-order valence-electron chi connectivity index (χ4n) is 4.51. The number of allylic oxidation sites excluding steroid dienone is 5. The number of hydrogen-bond acceptors (Lipinski definition) is 4. The van der Waals surface area contributed by atoms with Crippen LogP contribution in [0.15, 0.2) is 47.7 Å². The number of nitrogens with one attached hydrogen (secondary N) is 2. The largest absolute Gasteiger partial charge is 0.392 e. The van der Waals surface area contributed by atoms with Crippen LogP contribution in [0.25, 0.3) is 5.57 Å². The lowest BCUT2D eigenvalue weighted by Crippen LogP contribution is -2.53. The van der Waals surface area contributed by atoms with Crippen molar-refractivity contribution in [3.63, 3.8) is 0 Å². The molecule has 0 amide bonds. The lowest BCUT2D eigenvalue weighted by Gasteiger charge is -2.41. The van der Waals surface area contributed by atoms with E-state index in [2.05, 4.69) is 83.9 Å². The van der Waals surface area contributed by atoms with Crippen molar-refractivity contribution in [3.05, 3.63) is 70.2 Å². The van der Waals surface area contributed by atoms with Gasteiger partial charge in [0.25, 0.3) is 0 Å². The van der Waals surface area contributed by atoms with Gasteiger partial charge in [0.2, 0.25) is 0 Å². The topological polar surface area (TPSA) is 63.0 Å². The van der Waals surface area contributed by atoms with Crippen molar-refractivity contribution in [2.24, 2.45) is 5.73 Å². The fourth-order valence-corrected chi connectivity index (χ4v) is 4.51. The normalized spacial score (nSPS) is 19.1. The van der Waals surface area contributed by atoms with Crippen LogP contribution in [0.4, 0.5) is 0 Å². The van der Waals surface area contributed by atoms with Crippen molar-refractivity contribution in [2.75, 3.05) is 7.05 Å². The number of rotatable bonds is 7. The lowest BCUT2D eigenvalue weighted by molar-refractivity contribution is 0.297. The van der Waals surface area contributed by atoms with Gasteiger partial charge in [-0.1, -0.05) is 18.7 Å². The first-order valence-corrected chi connectivity index (χ1v) is 10.8. The molecule has 30 heavy (non-hydrogen) atoms. The highest BCUT2D eigenvalue weighted by molar-refractivity contribution is 5.67. The van der Waals surface area contributed by atoms with Gasteiger partial charge < -0.3 is 16.4 Å². The molecule has 0 bridgehead atoms. The maximum Gasteiger partial charge on any atom is 0.0666 e. The quantitative estimate of drug-likeness (QED) is 0.559. The molecule has 2 rings (SSSR count). The summed E-state index contributed by atoms with van der Waals surface area (Å²) in [5.74, 6) is 0. The second-order valence-corrected chi connectivity index (χ2v) is 9.68. The van der Waals surface area contributed by atoms with E-state index < -0.39 is 0 Å². The third kappa shape index (κ3) is 5.93. The Morgan fingerprint density at radius 1 is 1.30 bits per heavy atom. The predicted molar refractivity (Wildman–Crippen MR) is 130 cm³/mol. The molecule has 0 saturated heterocycles. The molecule has 0 spiro atoms. The minimum absolute atomic E-state index is 0.0219. The maximum absolute atomic E-state index is 6.13. The molecule has 4 N–H and O–H groups in total. The van der Waals surface area contributed by atoms with Crippen LogP contribution in [0.2, 0.25) is 0 Å². The number of nitrogens with two attached hydrogens (primary N) is 1. The Labute approximate surface area is 183 Å². The van der Waals surface area contributed by atoms with Gasteiger partial charge in [-0.2, -0.15) is 0 Å². The van der Waals surface area contributed by atoms with E-state index in [1.165, 1.54) is 22.3 Å². The number of pyridine rings is 1. The zero-order valence-electron chi connectivity index (χ0n) is 20.2. The van der Waals surface area contributed by atoms with Crippen molar-refractivity contribution >= 4 is 5.57 Å². The van der Waals surface area contributed by atoms with Crippen LogP contribution in [0, 0.1) is 6.92 Å². The first-order chi connectivity index (χ1) is 13.9. The van der Waals surface area contributed by atoms with E-state index >= 15 is 0 Å². The highest BCUT2D eigenvalue weighted by Crippen LogP contribution is 2.34. The highest BCUT2D eigenvalue weighted by atomic mass is 15.0. The average Bonchev–Trinajstić information content (AvgIpc) is 2.62. The van der Waals surface area contributed by atoms with Gasteiger partial charge in [0.1, 0.15) is 0 Å². The molecule has 0 aliphatic carbocycles. The molecule has 4 nitrogen and oxygen atoms in total. The van der Waals surface area contributed by atoms with E-state index in [1.54, 1.807) is 0 Å².